The van der Waals surface area contributed by atoms with E-state index in [1.54, 1.807) is 26.0 Å². The molecular weight excluding hydrogens is 608 g/mol. The standard InChI is InChI=1S/C18H28N4O3.C18H30N4O/c1-4-19(5-2)12-13-21(15(3)23)18-10-11-20(14-18)16-6-8-17(9-7-16)22(24)25;1-4-20(5-2)12-13-22(15(3)23)18-10-11-21(14-18)17-8-6-16(19)7-9-17/h6-9,18H,4-5,10-14H2,1-3H3;6-9,18H,4-5,10-14,19H2,1-3H3/t2*18-/m11/s1. The van der Waals surface area contributed by atoms with Crippen LogP contribution in [0.3, 0.4) is 0 Å². The fourth-order valence-corrected chi connectivity index (χ4v) is 6.70. The smallest absolute Gasteiger partial charge is 0.269 e. The third-order valence-corrected chi connectivity index (χ3v) is 9.80. The number of likely N-dealkylation sites (N-methyl/N-ethyl adjacent to an activating group) is 2. The highest BCUT2D eigenvalue weighted by molar-refractivity contribution is 5.74. The van der Waals surface area contributed by atoms with Crippen LogP contribution in [0.1, 0.15) is 54.4 Å². The minimum absolute atomic E-state index is 0.101. The first kappa shape index (κ1) is 38.5. The van der Waals surface area contributed by atoms with Crippen LogP contribution < -0.4 is 15.5 Å². The van der Waals surface area contributed by atoms with Crippen LogP contribution in [0.15, 0.2) is 48.5 Å². The summed E-state index contributed by atoms with van der Waals surface area (Å²) < 4.78 is 0. The molecule has 48 heavy (non-hydrogen) atoms. The zero-order valence-corrected chi connectivity index (χ0v) is 30.0. The summed E-state index contributed by atoms with van der Waals surface area (Å²) in [5.74, 6) is 0.295. The Morgan fingerprint density at radius 2 is 1.08 bits per heavy atom. The number of carbonyl (C=O) groups excluding carboxylic acids is 2. The molecule has 2 aliphatic heterocycles. The zero-order chi connectivity index (χ0) is 35.2. The predicted octanol–water partition coefficient (Wildman–Crippen LogP) is 4.40. The van der Waals surface area contributed by atoms with E-state index in [1.807, 2.05) is 17.0 Å². The quantitative estimate of drug-likeness (QED) is 0.167. The van der Waals surface area contributed by atoms with Crippen LogP contribution in [0.2, 0.25) is 0 Å². The third-order valence-electron chi connectivity index (χ3n) is 9.80. The first-order valence-corrected chi connectivity index (χ1v) is 17.6. The topological polar surface area (TPSA) is 123 Å². The number of amides is 2. The molecule has 0 aromatic heterocycles. The Morgan fingerprint density at radius 3 is 1.42 bits per heavy atom. The molecule has 0 aliphatic carbocycles. The summed E-state index contributed by atoms with van der Waals surface area (Å²) >= 11 is 0. The number of benzene rings is 2. The number of nitrogens with zero attached hydrogens (tertiary/aromatic N) is 7. The van der Waals surface area contributed by atoms with Gasteiger partial charge in [0.15, 0.2) is 0 Å². The lowest BCUT2D eigenvalue weighted by molar-refractivity contribution is -0.384. The summed E-state index contributed by atoms with van der Waals surface area (Å²) in [6.45, 7) is 22.9. The van der Waals surface area contributed by atoms with Gasteiger partial charge in [0.25, 0.3) is 5.69 Å². The Kier molecular flexibility index (Phi) is 15.4. The molecule has 2 fully saturated rings. The largest absolute Gasteiger partial charge is 0.399 e. The fourth-order valence-electron chi connectivity index (χ4n) is 6.70. The third kappa shape index (κ3) is 11.1. The number of non-ortho nitro benzene ring substituents is 1. The van der Waals surface area contributed by atoms with E-state index in [0.717, 1.165) is 103 Å². The maximum Gasteiger partial charge on any atom is 0.269 e. The van der Waals surface area contributed by atoms with Crippen LogP contribution in [0, 0.1) is 10.1 Å². The average molecular weight is 667 g/mol. The highest BCUT2D eigenvalue weighted by atomic mass is 16.6. The molecule has 2 atom stereocenters. The number of nitrogens with two attached hydrogens (primary N) is 1. The number of nitrogen functional groups attached to an aromatic ring is 1. The molecular formula is C36H58N8O4. The van der Waals surface area contributed by atoms with Gasteiger partial charge in [0.05, 0.1) is 17.0 Å². The number of nitro benzene ring substituents is 1. The van der Waals surface area contributed by atoms with Crippen molar-refractivity contribution in [3.8, 4) is 0 Å². The Labute approximate surface area is 287 Å². The highest BCUT2D eigenvalue weighted by Gasteiger charge is 2.31. The average Bonchev–Trinajstić information content (AvgIpc) is 3.77. The van der Waals surface area contributed by atoms with Crippen molar-refractivity contribution in [1.29, 1.82) is 0 Å². The van der Waals surface area contributed by atoms with Crippen molar-refractivity contribution < 1.29 is 14.5 Å². The normalized spacial score (nSPS) is 17.4. The molecule has 2 heterocycles. The van der Waals surface area contributed by atoms with Gasteiger partial charge in [0.1, 0.15) is 0 Å². The summed E-state index contributed by atoms with van der Waals surface area (Å²) in [6.07, 6.45) is 1.96. The van der Waals surface area contributed by atoms with E-state index < -0.39 is 0 Å². The van der Waals surface area contributed by atoms with Gasteiger partial charge < -0.3 is 35.1 Å². The molecule has 2 aromatic rings. The van der Waals surface area contributed by atoms with E-state index in [1.165, 1.54) is 17.8 Å². The van der Waals surface area contributed by atoms with Crippen LogP contribution in [0.25, 0.3) is 0 Å². The van der Waals surface area contributed by atoms with Gasteiger partial charge in [-0.2, -0.15) is 0 Å². The molecule has 0 spiro atoms. The number of nitro groups is 1. The molecule has 4 rings (SSSR count). The Morgan fingerprint density at radius 1 is 0.708 bits per heavy atom. The summed E-state index contributed by atoms with van der Waals surface area (Å²) in [7, 11) is 0. The van der Waals surface area contributed by atoms with Crippen molar-refractivity contribution in [2.45, 2.75) is 66.5 Å². The van der Waals surface area contributed by atoms with Crippen LogP contribution in [0.5, 0.6) is 0 Å². The number of hydrogen-bond acceptors (Lipinski definition) is 9. The maximum absolute atomic E-state index is 12.1. The van der Waals surface area contributed by atoms with E-state index in [9.17, 15) is 19.7 Å². The molecule has 0 unspecified atom stereocenters. The Balaban J connectivity index is 0.000000261. The second-order valence-electron chi connectivity index (χ2n) is 12.6. The Bertz CT molecular complexity index is 1280. The van der Waals surface area contributed by atoms with Crippen molar-refractivity contribution in [2.24, 2.45) is 0 Å². The Hall–Kier alpha value is -3.90. The van der Waals surface area contributed by atoms with Crippen LogP contribution in [0.4, 0.5) is 22.7 Å². The van der Waals surface area contributed by atoms with Gasteiger partial charge in [0, 0.05) is 95.4 Å². The van der Waals surface area contributed by atoms with E-state index in [4.69, 9.17) is 5.73 Å². The summed E-state index contributed by atoms with van der Waals surface area (Å²) in [5.41, 5.74) is 8.81. The van der Waals surface area contributed by atoms with Crippen molar-refractivity contribution >= 4 is 34.6 Å². The zero-order valence-electron chi connectivity index (χ0n) is 30.0. The van der Waals surface area contributed by atoms with Crippen molar-refractivity contribution in [2.75, 3.05) is 94.1 Å². The van der Waals surface area contributed by atoms with Gasteiger partial charge in [-0.3, -0.25) is 19.7 Å². The monoisotopic (exact) mass is 666 g/mol. The van der Waals surface area contributed by atoms with E-state index in [2.05, 4.69) is 64.3 Å². The van der Waals surface area contributed by atoms with Crippen LogP contribution in [-0.2, 0) is 9.59 Å². The van der Waals surface area contributed by atoms with E-state index in [0.29, 0.717) is 6.04 Å². The summed E-state index contributed by atoms with van der Waals surface area (Å²) in [5, 5.41) is 10.8. The molecule has 12 nitrogen and oxygen atoms in total. The minimum atomic E-state index is -0.388. The SMILES string of the molecule is CCN(CC)CCN(C(C)=O)[C@@H]1CCN(c2ccc(N)cc2)C1.CCN(CC)CCN(C(C)=O)[C@@H]1CCN(c2ccc([N+](=O)[O-])cc2)C1. The lowest BCUT2D eigenvalue weighted by Crippen LogP contribution is -2.45. The lowest BCUT2D eigenvalue weighted by atomic mass is 10.2. The van der Waals surface area contributed by atoms with Gasteiger partial charge >= 0.3 is 0 Å². The fraction of sp³-hybridized carbons (Fsp3) is 0.611. The molecule has 2 aromatic carbocycles. The molecule has 2 aliphatic rings. The highest BCUT2D eigenvalue weighted by Crippen LogP contribution is 2.26. The molecule has 2 amide bonds. The molecule has 0 radical (unpaired) electrons. The second kappa shape index (κ2) is 19.2. The summed E-state index contributed by atoms with van der Waals surface area (Å²) in [4.78, 5) is 47.8. The molecule has 266 valence electrons. The van der Waals surface area contributed by atoms with Gasteiger partial charge in [0.2, 0.25) is 11.8 Å². The van der Waals surface area contributed by atoms with Gasteiger partial charge in [-0.1, -0.05) is 27.7 Å². The van der Waals surface area contributed by atoms with E-state index in [-0.39, 0.29) is 28.5 Å². The number of anilines is 3. The van der Waals surface area contributed by atoms with Crippen LogP contribution in [-0.4, -0.2) is 127 Å². The van der Waals surface area contributed by atoms with Crippen LogP contribution >= 0.6 is 0 Å². The second-order valence-corrected chi connectivity index (χ2v) is 12.6. The van der Waals surface area contributed by atoms with Gasteiger partial charge in [-0.15, -0.1) is 0 Å². The van der Waals surface area contributed by atoms with E-state index >= 15 is 0 Å². The first-order chi connectivity index (χ1) is 23.0. The summed E-state index contributed by atoms with van der Waals surface area (Å²) in [6, 6.07) is 15.1. The number of hydrogen-bond donors (Lipinski definition) is 1. The number of rotatable bonds is 15. The predicted molar refractivity (Wildman–Crippen MR) is 196 cm³/mol. The maximum atomic E-state index is 12.1. The van der Waals surface area contributed by atoms with Crippen molar-refractivity contribution in [3.63, 3.8) is 0 Å². The number of carbonyl (C=O) groups is 2. The minimum Gasteiger partial charge on any atom is -0.399 e. The van der Waals surface area contributed by atoms with Crippen molar-refractivity contribution in [3.05, 3.63) is 58.6 Å². The molecule has 0 bridgehead atoms. The lowest BCUT2D eigenvalue weighted by Gasteiger charge is -2.30. The first-order valence-electron chi connectivity index (χ1n) is 17.6. The molecule has 2 saturated heterocycles. The molecule has 0 saturated carbocycles. The van der Waals surface area contributed by atoms with Gasteiger partial charge in [-0.05, 0) is 75.4 Å². The van der Waals surface area contributed by atoms with Crippen molar-refractivity contribution in [1.82, 2.24) is 19.6 Å². The molecule has 12 heteroatoms. The molecule has 2 N–H and O–H groups in total. The van der Waals surface area contributed by atoms with Gasteiger partial charge in [-0.25, -0.2) is 0 Å².